The van der Waals surface area contributed by atoms with Gasteiger partial charge < -0.3 is 15.0 Å². The summed E-state index contributed by atoms with van der Waals surface area (Å²) in [7, 11) is -3.73. The third-order valence-electron chi connectivity index (χ3n) is 4.28. The lowest BCUT2D eigenvalue weighted by Gasteiger charge is -2.22. The fraction of sp³-hybridized carbons (Fsp3) is 0.412. The van der Waals surface area contributed by atoms with E-state index in [4.69, 9.17) is 4.74 Å². The zero-order chi connectivity index (χ0) is 18.4. The molecule has 1 aliphatic heterocycles. The fourth-order valence-electron chi connectivity index (χ4n) is 2.74. The highest BCUT2D eigenvalue weighted by atomic mass is 32.2. The van der Waals surface area contributed by atoms with E-state index >= 15 is 0 Å². The summed E-state index contributed by atoms with van der Waals surface area (Å²) in [5, 5.41) is 2.88. The van der Waals surface area contributed by atoms with E-state index in [2.05, 4.69) is 20.0 Å². The first-order chi connectivity index (χ1) is 12.5. The summed E-state index contributed by atoms with van der Waals surface area (Å²) >= 11 is 0. The Morgan fingerprint density at radius 1 is 1.31 bits per heavy atom. The summed E-state index contributed by atoms with van der Waals surface area (Å²) in [6.45, 7) is 2.05. The molecular weight excluding hydrogens is 356 g/mol. The van der Waals surface area contributed by atoms with Crippen molar-refractivity contribution in [2.24, 2.45) is 5.92 Å². The highest BCUT2D eigenvalue weighted by molar-refractivity contribution is 7.89. The van der Waals surface area contributed by atoms with Crippen LogP contribution in [0.4, 0.5) is 0 Å². The normalized spacial score (nSPS) is 15.7. The smallest absolute Gasteiger partial charge is 0.251 e. The summed E-state index contributed by atoms with van der Waals surface area (Å²) < 4.78 is 32.6. The van der Waals surface area contributed by atoms with Gasteiger partial charge in [0.25, 0.3) is 5.91 Å². The van der Waals surface area contributed by atoms with E-state index < -0.39 is 10.0 Å². The van der Waals surface area contributed by atoms with Gasteiger partial charge in [-0.25, -0.2) is 18.1 Å². The number of amides is 1. The second-order valence-electron chi connectivity index (χ2n) is 6.15. The average molecular weight is 378 g/mol. The number of aromatic amines is 1. The van der Waals surface area contributed by atoms with Gasteiger partial charge in [0.15, 0.2) is 0 Å². The Labute approximate surface area is 152 Å². The van der Waals surface area contributed by atoms with Gasteiger partial charge in [-0.3, -0.25) is 4.79 Å². The number of rotatable bonds is 7. The number of benzene rings is 1. The number of sulfonamides is 1. The Morgan fingerprint density at radius 3 is 2.85 bits per heavy atom. The Kier molecular flexibility index (Phi) is 6.02. The number of nitrogens with zero attached hydrogens (tertiary/aromatic N) is 1. The molecular formula is C17H22N4O4S. The molecule has 0 bridgehead atoms. The third kappa shape index (κ3) is 4.90. The highest BCUT2D eigenvalue weighted by Gasteiger charge is 2.18. The molecule has 2 heterocycles. The minimum atomic E-state index is -3.73. The average Bonchev–Trinajstić information content (AvgIpc) is 3.19. The van der Waals surface area contributed by atoms with E-state index in [-0.39, 0.29) is 17.3 Å². The maximum atomic E-state index is 12.4. The van der Waals surface area contributed by atoms with Crippen LogP contribution in [0.5, 0.6) is 0 Å². The lowest BCUT2D eigenvalue weighted by molar-refractivity contribution is 0.0642. The molecule has 0 aliphatic carbocycles. The molecule has 1 aromatic heterocycles. The van der Waals surface area contributed by atoms with Gasteiger partial charge in [0.05, 0.1) is 11.4 Å². The van der Waals surface area contributed by atoms with Gasteiger partial charge in [0.1, 0.15) is 5.82 Å². The molecule has 3 rings (SSSR count). The Balaban J connectivity index is 1.61. The van der Waals surface area contributed by atoms with Gasteiger partial charge >= 0.3 is 0 Å². The van der Waals surface area contributed by atoms with E-state index in [1.165, 1.54) is 12.1 Å². The maximum absolute atomic E-state index is 12.4. The number of hydrogen-bond donors (Lipinski definition) is 3. The monoisotopic (exact) mass is 378 g/mol. The molecule has 0 radical (unpaired) electrons. The van der Waals surface area contributed by atoms with Gasteiger partial charge in [-0.15, -0.1) is 0 Å². The largest absolute Gasteiger partial charge is 0.381 e. The Hall–Kier alpha value is -2.23. The molecule has 1 aliphatic rings. The summed E-state index contributed by atoms with van der Waals surface area (Å²) in [5.74, 6) is 0.632. The minimum Gasteiger partial charge on any atom is -0.381 e. The molecule has 1 aromatic carbocycles. The fourth-order valence-corrected chi connectivity index (χ4v) is 3.77. The molecule has 9 heteroatoms. The van der Waals surface area contributed by atoms with E-state index in [1.54, 1.807) is 24.5 Å². The molecule has 3 N–H and O–H groups in total. The van der Waals surface area contributed by atoms with Crippen molar-refractivity contribution in [2.45, 2.75) is 24.3 Å². The zero-order valence-electron chi connectivity index (χ0n) is 14.3. The molecule has 8 nitrogen and oxygen atoms in total. The van der Waals surface area contributed by atoms with Gasteiger partial charge in [-0.05, 0) is 37.0 Å². The van der Waals surface area contributed by atoms with Crippen LogP contribution in [0.1, 0.15) is 29.0 Å². The van der Waals surface area contributed by atoms with Crippen molar-refractivity contribution < 1.29 is 17.9 Å². The first-order valence-corrected chi connectivity index (χ1v) is 9.97. The number of carbonyl (C=O) groups is 1. The summed E-state index contributed by atoms with van der Waals surface area (Å²) in [6, 6.07) is 6.00. The van der Waals surface area contributed by atoms with E-state index in [9.17, 15) is 13.2 Å². The van der Waals surface area contributed by atoms with Gasteiger partial charge in [0.2, 0.25) is 10.0 Å². The number of aromatic nitrogens is 2. The predicted molar refractivity (Wildman–Crippen MR) is 94.9 cm³/mol. The summed E-state index contributed by atoms with van der Waals surface area (Å²) in [4.78, 5) is 19.2. The predicted octanol–water partition coefficient (Wildman–Crippen LogP) is 1.04. The molecule has 0 spiro atoms. The van der Waals surface area contributed by atoms with Crippen molar-refractivity contribution in [3.8, 4) is 0 Å². The molecule has 0 saturated carbocycles. The van der Waals surface area contributed by atoms with Crippen LogP contribution in [-0.4, -0.2) is 44.1 Å². The number of imidazole rings is 1. The van der Waals surface area contributed by atoms with Crippen molar-refractivity contribution in [2.75, 3.05) is 19.8 Å². The van der Waals surface area contributed by atoms with Crippen LogP contribution in [0, 0.1) is 5.92 Å². The quantitative estimate of drug-likeness (QED) is 0.666. The van der Waals surface area contributed by atoms with Crippen LogP contribution in [0.3, 0.4) is 0 Å². The maximum Gasteiger partial charge on any atom is 0.251 e. The van der Waals surface area contributed by atoms with Crippen LogP contribution in [0.25, 0.3) is 0 Å². The molecule has 0 unspecified atom stereocenters. The van der Waals surface area contributed by atoms with E-state index in [0.29, 0.717) is 23.9 Å². The molecule has 1 amide bonds. The minimum absolute atomic E-state index is 0.0442. The number of hydrogen-bond acceptors (Lipinski definition) is 5. The van der Waals surface area contributed by atoms with Gasteiger partial charge in [-0.2, -0.15) is 0 Å². The molecule has 26 heavy (non-hydrogen) atoms. The van der Waals surface area contributed by atoms with Crippen molar-refractivity contribution >= 4 is 15.9 Å². The molecule has 0 atom stereocenters. The SMILES string of the molecule is O=C(NCC1CCOCC1)c1cccc(S(=O)(=O)NCc2ncc[nH]2)c1. The highest BCUT2D eigenvalue weighted by Crippen LogP contribution is 2.15. The van der Waals surface area contributed by atoms with Crippen LogP contribution < -0.4 is 10.0 Å². The third-order valence-corrected chi connectivity index (χ3v) is 5.68. The Bertz CT molecular complexity index is 830. The van der Waals surface area contributed by atoms with E-state index in [0.717, 1.165) is 26.1 Å². The van der Waals surface area contributed by atoms with Gasteiger partial charge in [0, 0.05) is 37.7 Å². The van der Waals surface area contributed by atoms with Crippen molar-refractivity contribution in [1.82, 2.24) is 20.0 Å². The van der Waals surface area contributed by atoms with Crippen molar-refractivity contribution in [3.63, 3.8) is 0 Å². The lowest BCUT2D eigenvalue weighted by atomic mass is 10.0. The van der Waals surface area contributed by atoms with Crippen molar-refractivity contribution in [1.29, 1.82) is 0 Å². The number of nitrogens with one attached hydrogen (secondary N) is 3. The number of H-pyrrole nitrogens is 1. The summed E-state index contributed by atoms with van der Waals surface area (Å²) in [6.07, 6.45) is 5.01. The van der Waals surface area contributed by atoms with E-state index in [1.807, 2.05) is 0 Å². The molecule has 1 saturated heterocycles. The standard InChI is InChI=1S/C17H22N4O4S/c22-17(20-11-13-4-8-25-9-5-13)14-2-1-3-15(10-14)26(23,24)21-12-16-18-6-7-19-16/h1-3,6-7,10,13,21H,4-5,8-9,11-12H2,(H,18,19)(H,20,22). The van der Waals surface area contributed by atoms with Crippen molar-refractivity contribution in [3.05, 3.63) is 48.0 Å². The van der Waals surface area contributed by atoms with Crippen LogP contribution in [0.15, 0.2) is 41.6 Å². The molecule has 2 aromatic rings. The van der Waals surface area contributed by atoms with Crippen LogP contribution in [-0.2, 0) is 21.3 Å². The second-order valence-corrected chi connectivity index (χ2v) is 7.92. The molecule has 140 valence electrons. The first kappa shape index (κ1) is 18.6. The topological polar surface area (TPSA) is 113 Å². The second kappa shape index (κ2) is 8.43. The first-order valence-electron chi connectivity index (χ1n) is 8.48. The molecule has 1 fully saturated rings. The van der Waals surface area contributed by atoms with Gasteiger partial charge in [-0.1, -0.05) is 6.07 Å². The number of ether oxygens (including phenoxy) is 1. The summed E-state index contributed by atoms with van der Waals surface area (Å²) in [5.41, 5.74) is 0.318. The van der Waals surface area contributed by atoms with Crippen LogP contribution >= 0.6 is 0 Å². The lowest BCUT2D eigenvalue weighted by Crippen LogP contribution is -2.32. The number of carbonyl (C=O) groups excluding carboxylic acids is 1. The Morgan fingerprint density at radius 2 is 2.12 bits per heavy atom. The van der Waals surface area contributed by atoms with Crippen LogP contribution in [0.2, 0.25) is 0 Å². The zero-order valence-corrected chi connectivity index (χ0v) is 15.1.